The van der Waals surface area contributed by atoms with E-state index in [0.717, 1.165) is 22.1 Å². The molecule has 4 heteroatoms. The molecule has 3 nitrogen and oxygen atoms in total. The van der Waals surface area contributed by atoms with Crippen molar-refractivity contribution in [3.05, 3.63) is 27.3 Å². The van der Waals surface area contributed by atoms with E-state index < -0.39 is 5.54 Å². The lowest BCUT2D eigenvalue weighted by Crippen LogP contribution is -2.40. The number of hydrogen-bond donors (Lipinski definition) is 0. The lowest BCUT2D eigenvalue weighted by molar-refractivity contribution is -0.116. The first kappa shape index (κ1) is 10.3. The molecule has 1 spiro atoms. The van der Waals surface area contributed by atoms with Gasteiger partial charge in [0.2, 0.25) is 5.91 Å². The average molecular weight is 327 g/mol. The predicted molar refractivity (Wildman–Crippen MR) is 68.6 cm³/mol. The Hall–Kier alpha value is -0.910. The van der Waals surface area contributed by atoms with Gasteiger partial charge in [0.1, 0.15) is 5.54 Å². The SMILES string of the molecule is CC(=O)N1c2ccc(I)cc2C(=O)C12CC2. The van der Waals surface area contributed by atoms with Crippen LogP contribution in [0, 0.1) is 3.57 Å². The Bertz CT molecular complexity index is 520. The number of ketones is 1. The van der Waals surface area contributed by atoms with Crippen molar-refractivity contribution >= 4 is 40.0 Å². The molecular weight excluding hydrogens is 317 g/mol. The van der Waals surface area contributed by atoms with Crippen LogP contribution in [0.25, 0.3) is 0 Å². The van der Waals surface area contributed by atoms with E-state index in [1.807, 2.05) is 18.2 Å². The normalized spacial score (nSPS) is 20.1. The van der Waals surface area contributed by atoms with Gasteiger partial charge in [-0.3, -0.25) is 14.5 Å². The molecule has 1 aliphatic carbocycles. The Kier molecular flexibility index (Phi) is 1.96. The minimum atomic E-state index is -0.515. The summed E-state index contributed by atoms with van der Waals surface area (Å²) in [4.78, 5) is 25.6. The van der Waals surface area contributed by atoms with E-state index in [0.29, 0.717) is 5.56 Å². The first-order valence-electron chi connectivity index (χ1n) is 5.21. The summed E-state index contributed by atoms with van der Waals surface area (Å²) in [5.74, 6) is 0.0852. The van der Waals surface area contributed by atoms with Gasteiger partial charge in [-0.2, -0.15) is 0 Å². The number of Topliss-reactive ketones (excluding diaryl/α,β-unsaturated/α-hetero) is 1. The van der Waals surface area contributed by atoms with Gasteiger partial charge < -0.3 is 0 Å². The van der Waals surface area contributed by atoms with Crippen LogP contribution < -0.4 is 4.90 Å². The molecule has 1 aromatic carbocycles. The molecule has 1 amide bonds. The monoisotopic (exact) mass is 327 g/mol. The summed E-state index contributed by atoms with van der Waals surface area (Å²) in [5, 5.41) is 0. The fraction of sp³-hybridized carbons (Fsp3) is 0.333. The van der Waals surface area contributed by atoms with Gasteiger partial charge in [-0.05, 0) is 53.6 Å². The Morgan fingerprint density at radius 2 is 2.12 bits per heavy atom. The number of rotatable bonds is 0. The molecule has 2 aliphatic rings. The van der Waals surface area contributed by atoms with Gasteiger partial charge in [-0.15, -0.1) is 0 Å². The van der Waals surface area contributed by atoms with Crippen LogP contribution in [0.3, 0.4) is 0 Å². The Balaban J connectivity index is 2.23. The molecule has 1 aromatic rings. The maximum absolute atomic E-state index is 12.3. The number of fused-ring (bicyclic) bond motifs is 1. The van der Waals surface area contributed by atoms with Crippen LogP contribution in [-0.4, -0.2) is 17.2 Å². The number of carbonyl (C=O) groups excluding carboxylic acids is 2. The van der Waals surface area contributed by atoms with Crippen molar-refractivity contribution in [1.82, 2.24) is 0 Å². The molecule has 16 heavy (non-hydrogen) atoms. The standard InChI is InChI=1S/C12H10INO2/c1-7(15)14-10-3-2-8(13)6-9(10)11(16)12(14)4-5-12/h2-3,6H,4-5H2,1H3. The van der Waals surface area contributed by atoms with E-state index in [1.54, 1.807) is 4.90 Å². The fourth-order valence-corrected chi connectivity index (χ4v) is 3.00. The van der Waals surface area contributed by atoms with Crippen LogP contribution in [0.4, 0.5) is 5.69 Å². The maximum atomic E-state index is 12.3. The molecule has 1 aliphatic heterocycles. The number of hydrogen-bond acceptors (Lipinski definition) is 2. The summed E-state index contributed by atoms with van der Waals surface area (Å²) in [6.45, 7) is 1.53. The van der Waals surface area contributed by atoms with E-state index in [1.165, 1.54) is 6.92 Å². The maximum Gasteiger partial charge on any atom is 0.224 e. The van der Waals surface area contributed by atoms with Crippen LogP contribution in [-0.2, 0) is 4.79 Å². The van der Waals surface area contributed by atoms with Crippen molar-refractivity contribution in [3.8, 4) is 0 Å². The van der Waals surface area contributed by atoms with Crippen molar-refractivity contribution in [1.29, 1.82) is 0 Å². The molecule has 1 fully saturated rings. The van der Waals surface area contributed by atoms with Gasteiger partial charge in [0.05, 0.1) is 5.69 Å². The second-order valence-corrected chi connectivity index (χ2v) is 5.62. The number of nitrogens with zero attached hydrogens (tertiary/aromatic N) is 1. The van der Waals surface area contributed by atoms with Crippen LogP contribution >= 0.6 is 22.6 Å². The first-order chi connectivity index (χ1) is 7.56. The zero-order chi connectivity index (χ0) is 11.5. The Morgan fingerprint density at radius 3 is 2.69 bits per heavy atom. The highest BCUT2D eigenvalue weighted by Gasteiger charge is 2.61. The van der Waals surface area contributed by atoms with E-state index in [-0.39, 0.29) is 11.7 Å². The van der Waals surface area contributed by atoms with Crippen molar-refractivity contribution < 1.29 is 9.59 Å². The number of benzene rings is 1. The minimum absolute atomic E-state index is 0.0363. The second kappa shape index (κ2) is 3.06. The summed E-state index contributed by atoms with van der Waals surface area (Å²) >= 11 is 2.18. The zero-order valence-electron chi connectivity index (χ0n) is 8.79. The van der Waals surface area contributed by atoms with E-state index in [9.17, 15) is 9.59 Å². The highest BCUT2D eigenvalue weighted by atomic mass is 127. The second-order valence-electron chi connectivity index (χ2n) is 4.38. The van der Waals surface area contributed by atoms with Crippen molar-refractivity contribution in [2.45, 2.75) is 25.3 Å². The molecule has 0 atom stereocenters. The molecule has 1 saturated carbocycles. The number of carbonyl (C=O) groups is 2. The molecule has 0 radical (unpaired) electrons. The van der Waals surface area contributed by atoms with Crippen LogP contribution in [0.2, 0.25) is 0 Å². The number of halogens is 1. The van der Waals surface area contributed by atoms with E-state index >= 15 is 0 Å². The molecule has 0 saturated heterocycles. The highest BCUT2D eigenvalue weighted by molar-refractivity contribution is 14.1. The zero-order valence-corrected chi connectivity index (χ0v) is 10.9. The Morgan fingerprint density at radius 1 is 1.44 bits per heavy atom. The van der Waals surface area contributed by atoms with Gasteiger partial charge >= 0.3 is 0 Å². The first-order valence-corrected chi connectivity index (χ1v) is 6.29. The molecule has 1 heterocycles. The third-order valence-corrected chi connectivity index (χ3v) is 4.00. The smallest absolute Gasteiger partial charge is 0.224 e. The molecule has 0 aromatic heterocycles. The predicted octanol–water partition coefficient (Wildman–Crippen LogP) is 2.37. The number of anilines is 1. The summed E-state index contributed by atoms with van der Waals surface area (Å²) in [5.41, 5.74) is 0.980. The van der Waals surface area contributed by atoms with Gasteiger partial charge in [0, 0.05) is 16.1 Å². The summed E-state index contributed by atoms with van der Waals surface area (Å²) < 4.78 is 1.03. The van der Waals surface area contributed by atoms with Crippen LogP contribution in [0.15, 0.2) is 18.2 Å². The molecule has 0 bridgehead atoms. The minimum Gasteiger partial charge on any atom is -0.298 e. The Labute approximate surface area is 107 Å². The van der Waals surface area contributed by atoms with Gasteiger partial charge in [-0.1, -0.05) is 0 Å². The molecule has 3 rings (SSSR count). The van der Waals surface area contributed by atoms with Crippen molar-refractivity contribution in [3.63, 3.8) is 0 Å². The van der Waals surface area contributed by atoms with Crippen LogP contribution in [0.1, 0.15) is 30.1 Å². The third kappa shape index (κ3) is 1.13. The number of amides is 1. The van der Waals surface area contributed by atoms with E-state index in [4.69, 9.17) is 0 Å². The molecule has 0 N–H and O–H groups in total. The van der Waals surface area contributed by atoms with Crippen molar-refractivity contribution in [2.24, 2.45) is 0 Å². The molecule has 82 valence electrons. The highest BCUT2D eigenvalue weighted by Crippen LogP contribution is 2.53. The molecule has 0 unspecified atom stereocenters. The van der Waals surface area contributed by atoms with Crippen LogP contribution in [0.5, 0.6) is 0 Å². The summed E-state index contributed by atoms with van der Waals surface area (Å²) in [6, 6.07) is 5.69. The third-order valence-electron chi connectivity index (χ3n) is 3.33. The lowest BCUT2D eigenvalue weighted by Gasteiger charge is -2.21. The summed E-state index contributed by atoms with van der Waals surface area (Å²) in [7, 11) is 0. The lowest BCUT2D eigenvalue weighted by atomic mass is 10.1. The molecular formula is C12H10INO2. The van der Waals surface area contributed by atoms with E-state index in [2.05, 4.69) is 22.6 Å². The topological polar surface area (TPSA) is 37.4 Å². The van der Waals surface area contributed by atoms with Gasteiger partial charge in [-0.25, -0.2) is 0 Å². The quantitative estimate of drug-likeness (QED) is 0.686. The average Bonchev–Trinajstić information content (AvgIpc) is 2.95. The largest absolute Gasteiger partial charge is 0.298 e. The van der Waals surface area contributed by atoms with Gasteiger partial charge in [0.15, 0.2) is 5.78 Å². The summed E-state index contributed by atoms with van der Waals surface area (Å²) in [6.07, 6.45) is 1.60. The van der Waals surface area contributed by atoms with Gasteiger partial charge in [0.25, 0.3) is 0 Å². The van der Waals surface area contributed by atoms with Crippen molar-refractivity contribution in [2.75, 3.05) is 4.90 Å². The fourth-order valence-electron chi connectivity index (χ4n) is 2.51.